The maximum atomic E-state index is 13.3. The zero-order chi connectivity index (χ0) is 29.2. The van der Waals surface area contributed by atoms with Crippen LogP contribution in [-0.2, 0) is 19.1 Å². The van der Waals surface area contributed by atoms with E-state index in [1.165, 1.54) is 14.2 Å². The van der Waals surface area contributed by atoms with Gasteiger partial charge in [0.2, 0.25) is 0 Å². The minimum Gasteiger partial charge on any atom is -0.511 e. The summed E-state index contributed by atoms with van der Waals surface area (Å²) in [6, 6.07) is 37.4. The summed E-state index contributed by atoms with van der Waals surface area (Å²) in [4.78, 5) is 26.5. The van der Waals surface area contributed by atoms with Crippen molar-refractivity contribution in [1.29, 1.82) is 0 Å². The molecule has 208 valence electrons. The summed E-state index contributed by atoms with van der Waals surface area (Å²) in [5.74, 6) is -2.21. The highest BCUT2D eigenvalue weighted by molar-refractivity contribution is 7.78. The molecule has 4 aromatic rings. The lowest BCUT2D eigenvalue weighted by Crippen LogP contribution is -2.21. The second-order valence-corrected chi connectivity index (χ2v) is 13.1. The van der Waals surface area contributed by atoms with Crippen molar-refractivity contribution >= 4 is 49.0 Å². The number of hydrogen-bond acceptors (Lipinski definition) is 6. The molecule has 0 heterocycles. The van der Waals surface area contributed by atoms with Crippen molar-refractivity contribution in [3.63, 3.8) is 0 Å². The lowest BCUT2D eigenvalue weighted by atomic mass is 10.2. The Balaban J connectivity index is 1.92. The van der Waals surface area contributed by atoms with Gasteiger partial charge < -0.3 is 19.7 Å². The molecule has 0 spiro atoms. The van der Waals surface area contributed by atoms with Gasteiger partial charge in [0, 0.05) is 0 Å². The first-order valence-corrected chi connectivity index (χ1v) is 15.5. The maximum Gasteiger partial charge on any atom is 0.342 e. The van der Waals surface area contributed by atoms with Gasteiger partial charge in [-0.15, -0.1) is 0 Å². The molecule has 0 amide bonds. The second-order valence-electron chi connectivity index (χ2n) is 8.76. The van der Waals surface area contributed by atoms with Gasteiger partial charge >= 0.3 is 11.9 Å². The topological polar surface area (TPSA) is 93.1 Å². The highest BCUT2D eigenvalue weighted by atomic mass is 31.1. The van der Waals surface area contributed by atoms with Crippen LogP contribution in [0, 0.1) is 0 Å². The molecule has 8 heteroatoms. The summed E-state index contributed by atoms with van der Waals surface area (Å²) in [5.41, 5.74) is 0. The van der Waals surface area contributed by atoms with Gasteiger partial charge in [0.15, 0.2) is 0 Å². The molecule has 2 N–H and O–H groups in total. The Morgan fingerprint density at radius 1 is 0.512 bits per heavy atom. The predicted octanol–water partition coefficient (Wildman–Crippen LogP) is 5.53. The largest absolute Gasteiger partial charge is 0.511 e. The Morgan fingerprint density at radius 3 is 0.976 bits per heavy atom. The third-order valence-corrected chi connectivity index (χ3v) is 11.2. The third-order valence-electron chi connectivity index (χ3n) is 6.14. The van der Waals surface area contributed by atoms with Crippen LogP contribution in [0.25, 0.3) is 0 Å². The van der Waals surface area contributed by atoms with E-state index < -0.39 is 34.2 Å². The van der Waals surface area contributed by atoms with Crippen molar-refractivity contribution in [3.05, 3.63) is 143 Å². The molecule has 0 radical (unpaired) electrons. The van der Waals surface area contributed by atoms with Crippen LogP contribution in [0.2, 0.25) is 0 Å². The molecule has 0 aliphatic carbocycles. The average Bonchev–Trinajstić information content (AvgIpc) is 3.03. The van der Waals surface area contributed by atoms with E-state index in [-0.39, 0.29) is 22.1 Å². The maximum absolute atomic E-state index is 13.3. The van der Waals surface area contributed by atoms with Crippen LogP contribution < -0.4 is 21.2 Å². The zero-order valence-electron chi connectivity index (χ0n) is 22.7. The predicted molar refractivity (Wildman–Crippen MR) is 166 cm³/mol. The van der Waals surface area contributed by atoms with Crippen LogP contribution in [0.5, 0.6) is 0 Å². The van der Waals surface area contributed by atoms with Crippen molar-refractivity contribution in [2.24, 2.45) is 0 Å². The fraction of sp³-hybridized carbons (Fsp3) is 0.0909. The Morgan fingerprint density at radius 2 is 0.756 bits per heavy atom. The Kier molecular flexibility index (Phi) is 10.5. The zero-order valence-corrected chi connectivity index (χ0v) is 24.5. The standard InChI is InChI=1S/C33H30O6P2/c1-38-32(36)30(40(24-15-7-3-8-16-24)25-17-9-4-10-18-25)28(34)23-29(35)31(33(37)39-2)41(26-19-11-5-12-20-26)27-21-13-6-14-22-27/h3-22,34-35H,23H2,1-2H3/b30-28-,31-29-. The SMILES string of the molecule is COC(=O)/C(=C(/O)C/C(O)=C(\C(=O)OC)P(c1ccccc1)c1ccccc1)P(c1ccccc1)c1ccccc1. The number of rotatable bonds is 10. The number of ether oxygens (including phenoxy) is 2. The van der Waals surface area contributed by atoms with Crippen LogP contribution in [0.3, 0.4) is 0 Å². The van der Waals surface area contributed by atoms with Gasteiger partial charge in [-0.1, -0.05) is 121 Å². The normalized spacial score (nSPS) is 12.4. The first-order chi connectivity index (χ1) is 20.0. The van der Waals surface area contributed by atoms with Crippen LogP contribution in [-0.4, -0.2) is 36.4 Å². The van der Waals surface area contributed by atoms with Crippen molar-refractivity contribution in [2.45, 2.75) is 6.42 Å². The van der Waals surface area contributed by atoms with Crippen LogP contribution in [0.1, 0.15) is 6.42 Å². The van der Waals surface area contributed by atoms with E-state index in [0.29, 0.717) is 0 Å². The molecule has 4 rings (SSSR count). The molecule has 0 atom stereocenters. The number of esters is 2. The fourth-order valence-electron chi connectivity index (χ4n) is 4.32. The van der Waals surface area contributed by atoms with Crippen LogP contribution in [0.15, 0.2) is 143 Å². The molecular formula is C33H30O6P2. The molecule has 0 unspecified atom stereocenters. The van der Waals surface area contributed by atoms with Gasteiger partial charge in [0.05, 0.1) is 20.6 Å². The van der Waals surface area contributed by atoms with E-state index >= 15 is 0 Å². The van der Waals surface area contributed by atoms with E-state index in [9.17, 15) is 19.8 Å². The van der Waals surface area contributed by atoms with Crippen molar-refractivity contribution < 1.29 is 29.3 Å². The number of aliphatic hydroxyl groups is 2. The highest BCUT2D eigenvalue weighted by Crippen LogP contribution is 2.48. The lowest BCUT2D eigenvalue weighted by molar-refractivity contribution is -0.136. The van der Waals surface area contributed by atoms with Gasteiger partial charge in [0.25, 0.3) is 0 Å². The van der Waals surface area contributed by atoms with E-state index in [1.807, 2.05) is 121 Å². The average molecular weight is 585 g/mol. The molecule has 0 saturated carbocycles. The van der Waals surface area contributed by atoms with Crippen molar-refractivity contribution in [3.8, 4) is 0 Å². The minimum absolute atomic E-state index is 0.0272. The van der Waals surface area contributed by atoms with Crippen LogP contribution >= 0.6 is 15.8 Å². The molecule has 4 aromatic carbocycles. The van der Waals surface area contributed by atoms with E-state index in [2.05, 4.69) is 0 Å². The van der Waals surface area contributed by atoms with E-state index in [4.69, 9.17) is 9.47 Å². The molecule has 0 aromatic heterocycles. The highest BCUT2D eigenvalue weighted by Gasteiger charge is 2.33. The van der Waals surface area contributed by atoms with Gasteiger partial charge in [-0.05, 0) is 37.1 Å². The van der Waals surface area contributed by atoms with Gasteiger partial charge in [-0.3, -0.25) is 0 Å². The van der Waals surface area contributed by atoms with Crippen molar-refractivity contribution in [1.82, 2.24) is 0 Å². The number of benzene rings is 4. The number of aliphatic hydroxyl groups excluding tert-OH is 2. The van der Waals surface area contributed by atoms with Crippen molar-refractivity contribution in [2.75, 3.05) is 14.2 Å². The number of hydrogen-bond donors (Lipinski definition) is 2. The summed E-state index contributed by atoms with van der Waals surface area (Å²) in [6.45, 7) is 0. The molecular weight excluding hydrogens is 554 g/mol. The summed E-state index contributed by atoms with van der Waals surface area (Å²) < 4.78 is 10.3. The number of carbonyl (C=O) groups excluding carboxylic acids is 2. The van der Waals surface area contributed by atoms with E-state index in [0.717, 1.165) is 21.2 Å². The fourth-order valence-corrected chi connectivity index (χ4v) is 9.05. The molecule has 0 bridgehead atoms. The lowest BCUT2D eigenvalue weighted by Gasteiger charge is -2.23. The summed E-state index contributed by atoms with van der Waals surface area (Å²) in [7, 11) is -0.623. The third kappa shape index (κ3) is 7.10. The monoisotopic (exact) mass is 584 g/mol. The Bertz CT molecular complexity index is 1330. The molecule has 0 aliphatic rings. The summed E-state index contributed by atoms with van der Waals surface area (Å²) in [5, 5.41) is 26.4. The molecule has 41 heavy (non-hydrogen) atoms. The van der Waals surface area contributed by atoms with Crippen LogP contribution in [0.4, 0.5) is 0 Å². The summed E-state index contributed by atoms with van der Waals surface area (Å²) in [6.07, 6.45) is -0.466. The smallest absolute Gasteiger partial charge is 0.342 e. The quantitative estimate of drug-likeness (QED) is 0.110. The Hall–Kier alpha value is -4.24. The molecule has 6 nitrogen and oxygen atoms in total. The molecule has 0 fully saturated rings. The molecule has 0 aliphatic heterocycles. The van der Waals surface area contributed by atoms with E-state index in [1.54, 1.807) is 0 Å². The van der Waals surface area contributed by atoms with Gasteiger partial charge in [0.1, 0.15) is 22.1 Å². The first kappa shape index (κ1) is 29.7. The number of carbonyl (C=O) groups is 2. The summed E-state index contributed by atoms with van der Waals surface area (Å²) >= 11 is 0. The molecule has 0 saturated heterocycles. The minimum atomic E-state index is -1.56. The van der Waals surface area contributed by atoms with Gasteiger partial charge in [-0.2, -0.15) is 0 Å². The second kappa shape index (κ2) is 14.4. The number of methoxy groups -OCH3 is 2. The first-order valence-electron chi connectivity index (χ1n) is 12.8. The Labute approximate surface area is 242 Å². The van der Waals surface area contributed by atoms with Gasteiger partial charge in [-0.25, -0.2) is 9.59 Å².